The summed E-state index contributed by atoms with van der Waals surface area (Å²) in [4.78, 5) is 10.5. The van der Waals surface area contributed by atoms with Gasteiger partial charge < -0.3 is 10.5 Å². The summed E-state index contributed by atoms with van der Waals surface area (Å²) >= 11 is 0. The monoisotopic (exact) mass is 213 g/mol. The minimum atomic E-state index is -0.382. The quantitative estimate of drug-likeness (QED) is 0.625. The van der Waals surface area contributed by atoms with Gasteiger partial charge in [0, 0.05) is 13.1 Å². The van der Waals surface area contributed by atoms with Crippen LogP contribution in [0.4, 0.5) is 0 Å². The molecule has 0 atom stereocenters. The van der Waals surface area contributed by atoms with Crippen LogP contribution in [0.3, 0.4) is 0 Å². The zero-order chi connectivity index (χ0) is 10.9. The van der Waals surface area contributed by atoms with E-state index in [-0.39, 0.29) is 18.6 Å². The van der Waals surface area contributed by atoms with Crippen molar-refractivity contribution in [1.82, 2.24) is 5.01 Å². The summed E-state index contributed by atoms with van der Waals surface area (Å²) in [5.74, 6) is 5.33. The summed E-state index contributed by atoms with van der Waals surface area (Å²) < 4.78 is 5.37. The van der Waals surface area contributed by atoms with Gasteiger partial charge >= 0.3 is 0 Å². The molecule has 0 bridgehead atoms. The number of nitrogens with two attached hydrogens (primary N) is 2. The molecule has 1 aliphatic heterocycles. The molecule has 2 fully saturated rings. The van der Waals surface area contributed by atoms with Crippen LogP contribution in [0.15, 0.2) is 0 Å². The van der Waals surface area contributed by atoms with Gasteiger partial charge in [-0.15, -0.1) is 0 Å². The minimum absolute atomic E-state index is 0.0593. The van der Waals surface area contributed by atoms with Gasteiger partial charge in [-0.05, 0) is 31.1 Å². The highest BCUT2D eigenvalue weighted by Gasteiger charge is 2.46. The Kier molecular flexibility index (Phi) is 2.95. The van der Waals surface area contributed by atoms with Gasteiger partial charge in [-0.3, -0.25) is 10.6 Å². The van der Waals surface area contributed by atoms with Crippen molar-refractivity contribution in [2.75, 3.05) is 19.7 Å². The first-order chi connectivity index (χ1) is 7.10. The Hall–Kier alpha value is -0.650. The highest BCUT2D eigenvalue weighted by Crippen LogP contribution is 2.49. The van der Waals surface area contributed by atoms with Gasteiger partial charge in [0.25, 0.3) is 0 Å². The Morgan fingerprint density at radius 3 is 2.53 bits per heavy atom. The zero-order valence-electron chi connectivity index (χ0n) is 8.95. The fraction of sp³-hybridized carbons (Fsp3) is 0.900. The lowest BCUT2D eigenvalue weighted by Gasteiger charge is -2.51. The molecular weight excluding hydrogens is 194 g/mol. The molecule has 2 aliphatic rings. The van der Waals surface area contributed by atoms with Gasteiger partial charge in [-0.25, -0.2) is 5.01 Å². The molecule has 4 N–H and O–H groups in total. The third-order valence-electron chi connectivity index (χ3n) is 3.64. The molecule has 1 amide bonds. The largest absolute Gasteiger partial charge is 0.368 e. The molecule has 15 heavy (non-hydrogen) atoms. The summed E-state index contributed by atoms with van der Waals surface area (Å²) in [6, 6.07) is 0. The van der Waals surface area contributed by atoms with Crippen molar-refractivity contribution >= 4 is 5.91 Å². The van der Waals surface area contributed by atoms with Gasteiger partial charge in [-0.2, -0.15) is 0 Å². The second kappa shape index (κ2) is 4.08. The van der Waals surface area contributed by atoms with E-state index in [4.69, 9.17) is 16.3 Å². The van der Waals surface area contributed by atoms with Crippen LogP contribution < -0.4 is 11.6 Å². The maximum atomic E-state index is 10.5. The van der Waals surface area contributed by atoms with Gasteiger partial charge in [0.1, 0.15) is 6.61 Å². The van der Waals surface area contributed by atoms with E-state index in [0.29, 0.717) is 5.41 Å². The molecule has 0 aromatic rings. The van der Waals surface area contributed by atoms with Gasteiger partial charge in [-0.1, -0.05) is 0 Å². The van der Waals surface area contributed by atoms with Gasteiger partial charge in [0.2, 0.25) is 5.91 Å². The molecule has 86 valence electrons. The van der Waals surface area contributed by atoms with Crippen molar-refractivity contribution in [1.29, 1.82) is 0 Å². The van der Waals surface area contributed by atoms with Crippen LogP contribution in [0.2, 0.25) is 0 Å². The lowest BCUT2D eigenvalue weighted by Crippen LogP contribution is -2.51. The number of piperidine rings is 1. The predicted molar refractivity (Wildman–Crippen MR) is 55.6 cm³/mol. The third kappa shape index (κ3) is 2.48. The number of carbonyl (C=O) groups is 1. The number of hydrogen-bond donors (Lipinski definition) is 2. The van der Waals surface area contributed by atoms with E-state index in [1.807, 2.05) is 5.01 Å². The van der Waals surface area contributed by atoms with Crippen LogP contribution in [0.5, 0.6) is 0 Å². The fourth-order valence-corrected chi connectivity index (χ4v) is 2.63. The smallest absolute Gasteiger partial charge is 0.243 e. The molecule has 0 radical (unpaired) electrons. The number of amides is 1. The van der Waals surface area contributed by atoms with Crippen LogP contribution in [0.1, 0.15) is 25.7 Å². The summed E-state index contributed by atoms with van der Waals surface area (Å²) in [5.41, 5.74) is 5.46. The number of hydrogen-bond acceptors (Lipinski definition) is 4. The number of carbonyl (C=O) groups excluding carboxylic acids is 1. The van der Waals surface area contributed by atoms with Gasteiger partial charge in [0.05, 0.1) is 6.10 Å². The predicted octanol–water partition coefficient (Wildman–Crippen LogP) is -0.393. The van der Waals surface area contributed by atoms with Gasteiger partial charge in [0.15, 0.2) is 0 Å². The first-order valence-electron chi connectivity index (χ1n) is 5.49. The Labute approximate surface area is 89.7 Å². The topological polar surface area (TPSA) is 81.6 Å². The number of hydrazine groups is 1. The van der Waals surface area contributed by atoms with Crippen LogP contribution in [0, 0.1) is 5.41 Å². The van der Waals surface area contributed by atoms with Crippen molar-refractivity contribution in [3.8, 4) is 0 Å². The van der Waals surface area contributed by atoms with E-state index < -0.39 is 0 Å². The standard InChI is InChI=1S/C10H19N3O2/c11-9(14)7-15-8-5-10(6-8)1-3-13(12)4-2-10/h8H,1-7,12H2,(H2,11,14). The lowest BCUT2D eigenvalue weighted by atomic mass is 9.61. The second-order valence-corrected chi connectivity index (χ2v) is 4.84. The molecule has 1 aliphatic carbocycles. The van der Waals surface area contributed by atoms with Crippen molar-refractivity contribution in [2.24, 2.45) is 17.0 Å². The molecule has 1 spiro atoms. The molecule has 1 saturated carbocycles. The van der Waals surface area contributed by atoms with E-state index >= 15 is 0 Å². The average Bonchev–Trinajstić information content (AvgIpc) is 2.14. The normalized spacial score (nSPS) is 26.5. The van der Waals surface area contributed by atoms with Crippen molar-refractivity contribution < 1.29 is 9.53 Å². The summed E-state index contributed by atoms with van der Waals surface area (Å²) in [5, 5.41) is 1.88. The van der Waals surface area contributed by atoms with Crippen molar-refractivity contribution in [3.63, 3.8) is 0 Å². The minimum Gasteiger partial charge on any atom is -0.368 e. The first kappa shape index (κ1) is 10.9. The summed E-state index contributed by atoms with van der Waals surface area (Å²) in [7, 11) is 0. The number of primary amides is 1. The van der Waals surface area contributed by atoms with E-state index in [1.165, 1.54) is 0 Å². The Bertz CT molecular complexity index is 241. The second-order valence-electron chi connectivity index (χ2n) is 4.84. The van der Waals surface area contributed by atoms with E-state index in [1.54, 1.807) is 0 Å². The fourth-order valence-electron chi connectivity index (χ4n) is 2.63. The molecule has 0 unspecified atom stereocenters. The lowest BCUT2D eigenvalue weighted by molar-refractivity contribution is -0.136. The molecule has 5 nitrogen and oxygen atoms in total. The maximum absolute atomic E-state index is 10.5. The molecule has 2 rings (SSSR count). The number of rotatable bonds is 3. The highest BCUT2D eigenvalue weighted by atomic mass is 16.5. The molecule has 0 aromatic heterocycles. The van der Waals surface area contributed by atoms with Crippen LogP contribution >= 0.6 is 0 Å². The maximum Gasteiger partial charge on any atom is 0.243 e. The van der Waals surface area contributed by atoms with E-state index in [0.717, 1.165) is 38.8 Å². The van der Waals surface area contributed by atoms with E-state index in [9.17, 15) is 4.79 Å². The molecule has 1 heterocycles. The Morgan fingerprint density at radius 2 is 2.00 bits per heavy atom. The van der Waals surface area contributed by atoms with Crippen molar-refractivity contribution in [2.45, 2.75) is 31.8 Å². The Balaban J connectivity index is 1.70. The molecule has 5 heteroatoms. The average molecular weight is 213 g/mol. The number of ether oxygens (including phenoxy) is 1. The Morgan fingerprint density at radius 1 is 1.40 bits per heavy atom. The molecular formula is C10H19N3O2. The highest BCUT2D eigenvalue weighted by molar-refractivity contribution is 5.75. The third-order valence-corrected chi connectivity index (χ3v) is 3.64. The van der Waals surface area contributed by atoms with Crippen LogP contribution in [0.25, 0.3) is 0 Å². The van der Waals surface area contributed by atoms with Crippen LogP contribution in [-0.2, 0) is 9.53 Å². The number of nitrogens with zero attached hydrogens (tertiary/aromatic N) is 1. The summed E-state index contributed by atoms with van der Waals surface area (Å²) in [6.45, 7) is 2.01. The zero-order valence-corrected chi connectivity index (χ0v) is 8.95. The SMILES string of the molecule is NC(=O)COC1CC2(CCN(N)CC2)C1. The van der Waals surface area contributed by atoms with Crippen molar-refractivity contribution in [3.05, 3.63) is 0 Å². The van der Waals surface area contributed by atoms with E-state index in [2.05, 4.69) is 0 Å². The van der Waals surface area contributed by atoms with Crippen LogP contribution in [-0.4, -0.2) is 36.7 Å². The first-order valence-corrected chi connectivity index (χ1v) is 5.49. The molecule has 0 aromatic carbocycles. The summed E-state index contributed by atoms with van der Waals surface area (Å²) in [6.07, 6.45) is 4.67. The molecule has 1 saturated heterocycles.